The lowest BCUT2D eigenvalue weighted by molar-refractivity contribution is -0.137. The maximum atomic E-state index is 12.6. The van der Waals surface area contributed by atoms with Crippen LogP contribution in [0.4, 0.5) is 0 Å². The SMILES string of the molecule is CN(C)CCOC(=O)C1=Cc2ccccc2Cc2ccccc21.O=C(O)/C=C/C(=O)O. The fraction of sp³-hybridized carbons (Fsp3) is 0.208. The third-order valence-electron chi connectivity index (χ3n) is 4.40. The van der Waals surface area contributed by atoms with Gasteiger partial charge in [-0.05, 0) is 48.8 Å². The monoisotopic (exact) mass is 423 g/mol. The predicted molar refractivity (Wildman–Crippen MR) is 117 cm³/mol. The van der Waals surface area contributed by atoms with Crippen molar-refractivity contribution >= 4 is 29.6 Å². The Bertz CT molecular complexity index is 991. The van der Waals surface area contributed by atoms with Gasteiger partial charge in [0, 0.05) is 18.7 Å². The maximum absolute atomic E-state index is 12.6. The lowest BCUT2D eigenvalue weighted by Gasteiger charge is -2.12. The van der Waals surface area contributed by atoms with Crippen molar-refractivity contribution in [2.24, 2.45) is 0 Å². The number of likely N-dealkylation sites (N-methyl/N-ethyl adjacent to an activating group) is 1. The van der Waals surface area contributed by atoms with E-state index in [0.29, 0.717) is 24.3 Å². The first-order chi connectivity index (χ1) is 14.8. The summed E-state index contributed by atoms with van der Waals surface area (Å²) >= 11 is 0. The largest absolute Gasteiger partial charge is 0.478 e. The van der Waals surface area contributed by atoms with Crippen LogP contribution in [0.15, 0.2) is 60.7 Å². The maximum Gasteiger partial charge on any atom is 0.338 e. The number of hydrogen-bond donors (Lipinski definition) is 2. The molecule has 1 aliphatic rings. The molecule has 0 heterocycles. The summed E-state index contributed by atoms with van der Waals surface area (Å²) in [6, 6.07) is 16.3. The van der Waals surface area contributed by atoms with Crippen LogP contribution in [-0.4, -0.2) is 60.3 Å². The molecule has 7 heteroatoms. The van der Waals surface area contributed by atoms with Gasteiger partial charge in [-0.1, -0.05) is 48.5 Å². The van der Waals surface area contributed by atoms with Gasteiger partial charge in [-0.3, -0.25) is 0 Å². The van der Waals surface area contributed by atoms with Gasteiger partial charge in [0.05, 0.1) is 5.57 Å². The van der Waals surface area contributed by atoms with Gasteiger partial charge < -0.3 is 19.8 Å². The van der Waals surface area contributed by atoms with E-state index >= 15 is 0 Å². The van der Waals surface area contributed by atoms with Crippen molar-refractivity contribution in [3.8, 4) is 0 Å². The van der Waals surface area contributed by atoms with Crippen molar-refractivity contribution in [1.29, 1.82) is 0 Å². The lowest BCUT2D eigenvalue weighted by Crippen LogP contribution is -2.20. The highest BCUT2D eigenvalue weighted by atomic mass is 16.5. The molecule has 0 saturated heterocycles. The summed E-state index contributed by atoms with van der Waals surface area (Å²) < 4.78 is 5.47. The topological polar surface area (TPSA) is 104 Å². The minimum absolute atomic E-state index is 0.254. The van der Waals surface area contributed by atoms with Gasteiger partial charge in [0.1, 0.15) is 6.61 Å². The van der Waals surface area contributed by atoms with Crippen molar-refractivity contribution in [2.45, 2.75) is 6.42 Å². The zero-order valence-corrected chi connectivity index (χ0v) is 17.4. The van der Waals surface area contributed by atoms with Crippen molar-refractivity contribution < 1.29 is 29.3 Å². The molecule has 0 radical (unpaired) electrons. The van der Waals surface area contributed by atoms with Crippen LogP contribution in [0.1, 0.15) is 22.3 Å². The Labute approximate surface area is 180 Å². The molecule has 1 aliphatic carbocycles. The number of carbonyl (C=O) groups is 3. The fourth-order valence-electron chi connectivity index (χ4n) is 2.92. The zero-order chi connectivity index (χ0) is 22.8. The third-order valence-corrected chi connectivity index (χ3v) is 4.40. The number of nitrogens with zero attached hydrogens (tertiary/aromatic N) is 1. The van der Waals surface area contributed by atoms with E-state index in [2.05, 4.69) is 12.1 Å². The van der Waals surface area contributed by atoms with Crippen LogP contribution in [0.3, 0.4) is 0 Å². The molecule has 0 spiro atoms. The highest BCUT2D eigenvalue weighted by molar-refractivity contribution is 6.22. The number of fused-ring (bicyclic) bond motifs is 2. The number of carboxylic acids is 2. The quantitative estimate of drug-likeness (QED) is 0.544. The zero-order valence-electron chi connectivity index (χ0n) is 17.4. The first kappa shape index (κ1) is 23.6. The normalized spacial score (nSPS) is 12.0. The lowest BCUT2D eigenvalue weighted by atomic mass is 9.98. The van der Waals surface area contributed by atoms with E-state index in [1.165, 1.54) is 5.56 Å². The van der Waals surface area contributed by atoms with Gasteiger partial charge in [-0.25, -0.2) is 14.4 Å². The molecule has 2 aromatic carbocycles. The van der Waals surface area contributed by atoms with E-state index < -0.39 is 11.9 Å². The van der Waals surface area contributed by atoms with Crippen LogP contribution < -0.4 is 0 Å². The molecule has 7 nitrogen and oxygen atoms in total. The van der Waals surface area contributed by atoms with E-state index in [-0.39, 0.29) is 5.97 Å². The Morgan fingerprint density at radius 2 is 1.52 bits per heavy atom. The first-order valence-electron chi connectivity index (χ1n) is 9.61. The van der Waals surface area contributed by atoms with Crippen LogP contribution in [0.5, 0.6) is 0 Å². The van der Waals surface area contributed by atoms with Crippen LogP contribution in [-0.2, 0) is 25.5 Å². The number of rotatable bonds is 6. The van der Waals surface area contributed by atoms with Gasteiger partial charge in [-0.15, -0.1) is 0 Å². The summed E-state index contributed by atoms with van der Waals surface area (Å²) in [6.07, 6.45) is 3.90. The van der Waals surface area contributed by atoms with E-state index in [1.807, 2.05) is 61.5 Å². The molecule has 0 atom stereocenters. The molecule has 0 amide bonds. The molecule has 3 rings (SSSR count). The summed E-state index contributed by atoms with van der Waals surface area (Å²) in [5.41, 5.74) is 5.09. The number of hydrogen-bond acceptors (Lipinski definition) is 5. The molecule has 0 bridgehead atoms. The number of ether oxygens (including phenoxy) is 1. The molecular formula is C24H25NO6. The minimum Gasteiger partial charge on any atom is -0.478 e. The Morgan fingerprint density at radius 1 is 0.935 bits per heavy atom. The average molecular weight is 423 g/mol. The molecule has 0 aromatic heterocycles. The van der Waals surface area contributed by atoms with Crippen molar-refractivity contribution in [1.82, 2.24) is 4.90 Å². The van der Waals surface area contributed by atoms with Gasteiger partial charge in [-0.2, -0.15) is 0 Å². The Kier molecular flexibility index (Phi) is 8.72. The molecule has 2 aromatic rings. The fourth-order valence-corrected chi connectivity index (χ4v) is 2.92. The summed E-state index contributed by atoms with van der Waals surface area (Å²) in [7, 11) is 3.93. The van der Waals surface area contributed by atoms with Gasteiger partial charge >= 0.3 is 17.9 Å². The van der Waals surface area contributed by atoms with Crippen molar-refractivity contribution in [3.63, 3.8) is 0 Å². The molecule has 0 saturated carbocycles. The van der Waals surface area contributed by atoms with Gasteiger partial charge in [0.15, 0.2) is 0 Å². The molecular weight excluding hydrogens is 398 g/mol. The minimum atomic E-state index is -1.26. The van der Waals surface area contributed by atoms with E-state index in [4.69, 9.17) is 14.9 Å². The molecule has 31 heavy (non-hydrogen) atoms. The van der Waals surface area contributed by atoms with Crippen molar-refractivity contribution in [3.05, 3.63) is 82.9 Å². The van der Waals surface area contributed by atoms with Crippen LogP contribution >= 0.6 is 0 Å². The number of aliphatic carboxylic acids is 2. The molecule has 0 fully saturated rings. The van der Waals surface area contributed by atoms with Crippen molar-refractivity contribution in [2.75, 3.05) is 27.2 Å². The Hall–Kier alpha value is -3.71. The Balaban J connectivity index is 0.000000366. The average Bonchev–Trinajstić information content (AvgIpc) is 2.89. The number of esters is 1. The third kappa shape index (κ3) is 7.56. The smallest absolute Gasteiger partial charge is 0.338 e. The van der Waals surface area contributed by atoms with Crippen LogP contribution in [0.2, 0.25) is 0 Å². The molecule has 162 valence electrons. The van der Waals surface area contributed by atoms with Crippen LogP contribution in [0.25, 0.3) is 11.6 Å². The molecule has 2 N–H and O–H groups in total. The number of carboxylic acid groups (broad SMARTS) is 2. The standard InChI is InChI=1S/C20H21NO2.C4H4O4/c1-21(2)11-12-23-20(22)19-14-16-8-4-3-7-15(16)13-17-9-5-6-10-18(17)19;5-3(6)1-2-4(7)8/h3-10,14H,11-13H2,1-2H3;1-2H,(H,5,6)(H,7,8)/b;2-1+. The summed E-state index contributed by atoms with van der Waals surface area (Å²) in [6.45, 7) is 1.12. The molecule has 0 unspecified atom stereocenters. The highest BCUT2D eigenvalue weighted by Gasteiger charge is 2.20. The highest BCUT2D eigenvalue weighted by Crippen LogP contribution is 2.30. The molecule has 0 aliphatic heterocycles. The van der Waals surface area contributed by atoms with E-state index in [0.717, 1.165) is 29.7 Å². The predicted octanol–water partition coefficient (Wildman–Crippen LogP) is 2.95. The number of carbonyl (C=O) groups excluding carboxylic acids is 1. The second-order valence-electron chi connectivity index (χ2n) is 7.04. The van der Waals surface area contributed by atoms with Crippen LogP contribution in [0, 0.1) is 0 Å². The second-order valence-corrected chi connectivity index (χ2v) is 7.04. The summed E-state index contributed by atoms with van der Waals surface area (Å²) in [4.78, 5) is 33.7. The summed E-state index contributed by atoms with van der Waals surface area (Å²) in [5.74, 6) is -2.77. The second kappa shape index (κ2) is 11.5. The Morgan fingerprint density at radius 3 is 2.13 bits per heavy atom. The van der Waals surface area contributed by atoms with Gasteiger partial charge in [0.25, 0.3) is 0 Å². The summed E-state index contributed by atoms with van der Waals surface area (Å²) in [5, 5.41) is 15.6. The van der Waals surface area contributed by atoms with E-state index in [1.54, 1.807) is 0 Å². The first-order valence-corrected chi connectivity index (χ1v) is 9.61. The van der Waals surface area contributed by atoms with E-state index in [9.17, 15) is 14.4 Å². The number of benzene rings is 2. The van der Waals surface area contributed by atoms with Gasteiger partial charge in [0.2, 0.25) is 0 Å².